The lowest BCUT2D eigenvalue weighted by molar-refractivity contribution is -0.140. The number of carbonyl (C=O) groups is 1. The molecule has 0 unspecified atom stereocenters. The van der Waals surface area contributed by atoms with E-state index in [-0.39, 0.29) is 16.6 Å². The molecule has 0 bridgehead atoms. The van der Waals surface area contributed by atoms with Crippen LogP contribution < -0.4 is 5.32 Å². The zero-order chi connectivity index (χ0) is 14.6. The summed E-state index contributed by atoms with van der Waals surface area (Å²) in [6.45, 7) is 3.39. The predicted molar refractivity (Wildman–Crippen MR) is 69.6 cm³/mol. The molecule has 3 N–H and O–H groups in total. The molecule has 7 heteroatoms. The molecule has 1 aromatic carbocycles. The maximum absolute atomic E-state index is 12.0. The van der Waals surface area contributed by atoms with Crippen molar-refractivity contribution in [2.45, 2.75) is 24.8 Å². The summed E-state index contributed by atoms with van der Waals surface area (Å²) in [5, 5.41) is 20.6. The first-order valence-electron chi connectivity index (χ1n) is 5.72. The van der Waals surface area contributed by atoms with Crippen molar-refractivity contribution in [3.05, 3.63) is 24.3 Å². The molecular weight excluding hydrogens is 270 g/mol. The number of sulfone groups is 1. The zero-order valence-corrected chi connectivity index (χ0v) is 11.5. The molecule has 0 aromatic heterocycles. The third-order valence-electron chi connectivity index (χ3n) is 2.62. The molecule has 0 heterocycles. The minimum atomic E-state index is -3.62. The van der Waals surface area contributed by atoms with Gasteiger partial charge < -0.3 is 10.2 Å². The van der Waals surface area contributed by atoms with Gasteiger partial charge in [0.15, 0.2) is 9.84 Å². The fourth-order valence-electron chi connectivity index (χ4n) is 1.54. The van der Waals surface area contributed by atoms with E-state index in [4.69, 9.17) is 10.2 Å². The molecule has 0 saturated carbocycles. The number of phenols is 1. The molecule has 0 fully saturated rings. The lowest BCUT2D eigenvalue weighted by atomic mass is 10.1. The smallest absolute Gasteiger partial charge is 0.320 e. The summed E-state index contributed by atoms with van der Waals surface area (Å²) in [6, 6.07) is 4.16. The molecule has 0 spiro atoms. The SMILES string of the molecule is CC(C)[C@@H](NCS(=O)(=O)c1ccc(O)cc1)C(=O)O. The third-order valence-corrected chi connectivity index (χ3v) is 4.16. The van der Waals surface area contributed by atoms with E-state index in [2.05, 4.69) is 5.32 Å². The Morgan fingerprint density at radius 2 is 1.79 bits per heavy atom. The molecule has 106 valence electrons. The largest absolute Gasteiger partial charge is 0.508 e. The van der Waals surface area contributed by atoms with E-state index in [1.54, 1.807) is 13.8 Å². The van der Waals surface area contributed by atoms with E-state index in [9.17, 15) is 13.2 Å². The Labute approximate surface area is 112 Å². The minimum Gasteiger partial charge on any atom is -0.508 e. The van der Waals surface area contributed by atoms with Crippen LogP contribution >= 0.6 is 0 Å². The van der Waals surface area contributed by atoms with Crippen LogP contribution in [0.4, 0.5) is 0 Å². The predicted octanol–water partition coefficient (Wildman–Crippen LogP) is 0.822. The van der Waals surface area contributed by atoms with Gasteiger partial charge in [-0.15, -0.1) is 0 Å². The van der Waals surface area contributed by atoms with Gasteiger partial charge in [0, 0.05) is 0 Å². The van der Waals surface area contributed by atoms with Gasteiger partial charge in [-0.1, -0.05) is 13.8 Å². The van der Waals surface area contributed by atoms with E-state index in [0.29, 0.717) is 0 Å². The Hall–Kier alpha value is -1.60. The van der Waals surface area contributed by atoms with E-state index in [1.807, 2.05) is 0 Å². The molecule has 6 nitrogen and oxygen atoms in total. The van der Waals surface area contributed by atoms with Crippen LogP contribution in [0.5, 0.6) is 5.75 Å². The number of benzene rings is 1. The first-order valence-corrected chi connectivity index (χ1v) is 7.37. The quantitative estimate of drug-likeness (QED) is 0.715. The molecule has 0 aliphatic carbocycles. The summed E-state index contributed by atoms with van der Waals surface area (Å²) >= 11 is 0. The van der Waals surface area contributed by atoms with Gasteiger partial charge in [0.2, 0.25) is 0 Å². The zero-order valence-electron chi connectivity index (χ0n) is 10.7. The summed E-state index contributed by atoms with van der Waals surface area (Å²) in [6.07, 6.45) is 0. The molecule has 0 aliphatic rings. The van der Waals surface area contributed by atoms with Crippen LogP contribution in [0.1, 0.15) is 13.8 Å². The van der Waals surface area contributed by atoms with Crippen LogP contribution in [0.25, 0.3) is 0 Å². The summed E-state index contributed by atoms with van der Waals surface area (Å²) in [7, 11) is -3.62. The van der Waals surface area contributed by atoms with Crippen molar-refractivity contribution in [1.29, 1.82) is 0 Å². The van der Waals surface area contributed by atoms with Gasteiger partial charge in [-0.2, -0.15) is 0 Å². The number of hydrogen-bond acceptors (Lipinski definition) is 5. The Balaban J connectivity index is 2.80. The van der Waals surface area contributed by atoms with Gasteiger partial charge in [-0.25, -0.2) is 8.42 Å². The van der Waals surface area contributed by atoms with Gasteiger partial charge >= 0.3 is 5.97 Å². The molecule has 1 atom stereocenters. The molecular formula is C12H17NO5S. The van der Waals surface area contributed by atoms with Gasteiger partial charge in [0.25, 0.3) is 0 Å². The van der Waals surface area contributed by atoms with Crippen LogP contribution in [-0.2, 0) is 14.6 Å². The molecule has 1 rings (SSSR count). The Bertz CT molecular complexity index is 536. The molecule has 0 radical (unpaired) electrons. The number of hydrogen-bond donors (Lipinski definition) is 3. The first kappa shape index (κ1) is 15.5. The summed E-state index contributed by atoms with van der Waals surface area (Å²) in [4.78, 5) is 11.0. The normalized spacial score (nSPS) is 13.4. The summed E-state index contributed by atoms with van der Waals surface area (Å²) < 4.78 is 23.9. The third kappa shape index (κ3) is 4.22. The van der Waals surface area contributed by atoms with Crippen LogP contribution in [-0.4, -0.2) is 36.5 Å². The first-order chi connectivity index (χ1) is 8.74. The summed E-state index contributed by atoms with van der Waals surface area (Å²) in [5.41, 5.74) is 0. The van der Waals surface area contributed by atoms with Crippen molar-refractivity contribution in [3.8, 4) is 5.75 Å². The highest BCUT2D eigenvalue weighted by atomic mass is 32.2. The van der Waals surface area contributed by atoms with Crippen molar-refractivity contribution in [2.24, 2.45) is 5.92 Å². The second-order valence-corrected chi connectivity index (χ2v) is 6.51. The number of rotatable bonds is 6. The van der Waals surface area contributed by atoms with E-state index >= 15 is 0 Å². The van der Waals surface area contributed by atoms with Gasteiger partial charge in [0.1, 0.15) is 17.7 Å². The van der Waals surface area contributed by atoms with E-state index in [0.717, 1.165) is 0 Å². The lowest BCUT2D eigenvalue weighted by Gasteiger charge is -2.17. The van der Waals surface area contributed by atoms with Gasteiger partial charge in [-0.05, 0) is 30.2 Å². The number of phenolic OH excluding ortho intramolecular Hbond substituents is 1. The van der Waals surface area contributed by atoms with Gasteiger partial charge in [-0.3, -0.25) is 10.1 Å². The van der Waals surface area contributed by atoms with Crippen LogP contribution in [0, 0.1) is 5.92 Å². The van der Waals surface area contributed by atoms with Crippen molar-refractivity contribution >= 4 is 15.8 Å². The molecule has 0 amide bonds. The molecule has 0 aliphatic heterocycles. The molecule has 19 heavy (non-hydrogen) atoms. The Morgan fingerprint density at radius 3 is 2.21 bits per heavy atom. The van der Waals surface area contributed by atoms with Crippen molar-refractivity contribution < 1.29 is 23.4 Å². The number of carboxylic acids is 1. The van der Waals surface area contributed by atoms with Crippen molar-refractivity contribution in [1.82, 2.24) is 5.32 Å². The number of aliphatic carboxylic acids is 1. The fourth-order valence-corrected chi connectivity index (χ4v) is 2.66. The Kier molecular flexibility index (Phi) is 4.90. The lowest BCUT2D eigenvalue weighted by Crippen LogP contribution is -2.43. The fraction of sp³-hybridized carbons (Fsp3) is 0.417. The minimum absolute atomic E-state index is 0.0301. The van der Waals surface area contributed by atoms with E-state index in [1.165, 1.54) is 24.3 Å². The van der Waals surface area contributed by atoms with E-state index < -0.39 is 27.7 Å². The second-order valence-electron chi connectivity index (χ2n) is 4.52. The highest BCUT2D eigenvalue weighted by Gasteiger charge is 2.24. The number of nitrogens with one attached hydrogen (secondary N) is 1. The van der Waals surface area contributed by atoms with Crippen molar-refractivity contribution in [2.75, 3.05) is 5.88 Å². The highest BCUT2D eigenvalue weighted by Crippen LogP contribution is 2.15. The number of aromatic hydroxyl groups is 1. The van der Waals surface area contributed by atoms with Gasteiger partial charge in [0.05, 0.1) is 4.90 Å². The Morgan fingerprint density at radius 1 is 1.26 bits per heavy atom. The summed E-state index contributed by atoms with van der Waals surface area (Å²) in [5.74, 6) is -1.81. The standard InChI is InChI=1S/C12H17NO5S/c1-8(2)11(12(15)16)13-7-19(17,18)10-5-3-9(14)4-6-10/h3-6,8,11,13-14H,7H2,1-2H3,(H,15,16)/t11-/m1/s1. The average molecular weight is 287 g/mol. The monoisotopic (exact) mass is 287 g/mol. The van der Waals surface area contributed by atoms with Crippen LogP contribution in [0.2, 0.25) is 0 Å². The number of carboxylic acid groups (broad SMARTS) is 1. The molecule has 1 aromatic rings. The maximum Gasteiger partial charge on any atom is 0.320 e. The molecule has 0 saturated heterocycles. The van der Waals surface area contributed by atoms with Crippen LogP contribution in [0.15, 0.2) is 29.2 Å². The van der Waals surface area contributed by atoms with Crippen molar-refractivity contribution in [3.63, 3.8) is 0 Å². The van der Waals surface area contributed by atoms with Crippen LogP contribution in [0.3, 0.4) is 0 Å². The second kappa shape index (κ2) is 6.03. The topological polar surface area (TPSA) is 104 Å². The average Bonchev–Trinajstić information content (AvgIpc) is 2.28. The highest BCUT2D eigenvalue weighted by molar-refractivity contribution is 7.91. The maximum atomic E-state index is 12.0.